The van der Waals surface area contributed by atoms with Crippen LogP contribution in [0.25, 0.3) is 0 Å². The summed E-state index contributed by atoms with van der Waals surface area (Å²) in [6, 6.07) is 4.09. The molecule has 1 saturated carbocycles. The average Bonchev–Trinajstić information content (AvgIpc) is 2.35. The van der Waals surface area contributed by atoms with E-state index in [4.69, 9.17) is 10.5 Å². The molecule has 3 nitrogen and oxygen atoms in total. The molecule has 2 atom stereocenters. The molecule has 21 heavy (non-hydrogen) atoms. The second kappa shape index (κ2) is 6.35. The topological polar surface area (TPSA) is 48.1 Å². The Balaban J connectivity index is 2.16. The molecule has 0 amide bonds. The normalized spacial score (nSPS) is 25.1. The molecule has 0 radical (unpaired) electrons. The summed E-state index contributed by atoms with van der Waals surface area (Å²) in [4.78, 5) is 4.67. The summed E-state index contributed by atoms with van der Waals surface area (Å²) in [5.74, 6) is 1.85. The molecule has 3 heteroatoms. The van der Waals surface area contributed by atoms with Gasteiger partial charge < -0.3 is 10.5 Å². The fourth-order valence-corrected chi connectivity index (χ4v) is 3.57. The Morgan fingerprint density at radius 2 is 2.05 bits per heavy atom. The number of nitrogens with zero attached hydrogens (tertiary/aromatic N) is 1. The Kier molecular flexibility index (Phi) is 4.92. The number of rotatable bonds is 4. The van der Waals surface area contributed by atoms with Gasteiger partial charge in [0.1, 0.15) is 6.10 Å². The van der Waals surface area contributed by atoms with Gasteiger partial charge in [0.05, 0.1) is 0 Å². The predicted molar refractivity (Wildman–Crippen MR) is 87.4 cm³/mol. The minimum atomic E-state index is 0.268. The van der Waals surface area contributed by atoms with Crippen molar-refractivity contribution in [2.45, 2.75) is 72.4 Å². The predicted octanol–water partition coefficient (Wildman–Crippen LogP) is 4.26. The quantitative estimate of drug-likeness (QED) is 0.901. The van der Waals surface area contributed by atoms with Gasteiger partial charge in [-0.05, 0) is 48.1 Å². The van der Waals surface area contributed by atoms with Gasteiger partial charge >= 0.3 is 0 Å². The van der Waals surface area contributed by atoms with E-state index in [1.165, 1.54) is 6.42 Å². The summed E-state index contributed by atoms with van der Waals surface area (Å²) < 4.78 is 6.23. The zero-order valence-electron chi connectivity index (χ0n) is 14.1. The summed E-state index contributed by atoms with van der Waals surface area (Å²) in [6.45, 7) is 11.8. The number of pyridine rings is 1. The van der Waals surface area contributed by atoms with Gasteiger partial charge in [0.25, 0.3) is 0 Å². The first-order chi connectivity index (χ1) is 9.79. The van der Waals surface area contributed by atoms with Crippen LogP contribution in [0.15, 0.2) is 12.1 Å². The highest BCUT2D eigenvalue weighted by atomic mass is 16.5. The molecule has 0 aromatic carbocycles. The molecular weight excluding hydrogens is 260 g/mol. The van der Waals surface area contributed by atoms with Gasteiger partial charge in [-0.15, -0.1) is 0 Å². The largest absolute Gasteiger partial charge is 0.474 e. The van der Waals surface area contributed by atoms with Gasteiger partial charge in [0.2, 0.25) is 5.88 Å². The van der Waals surface area contributed by atoms with Crippen LogP contribution in [0.3, 0.4) is 0 Å². The van der Waals surface area contributed by atoms with Crippen molar-refractivity contribution in [2.75, 3.05) is 0 Å². The lowest BCUT2D eigenvalue weighted by atomic mass is 9.71. The van der Waals surface area contributed by atoms with Crippen LogP contribution in [0.4, 0.5) is 0 Å². The lowest BCUT2D eigenvalue weighted by molar-refractivity contribution is 0.0530. The van der Waals surface area contributed by atoms with Gasteiger partial charge in [-0.1, -0.05) is 34.6 Å². The lowest BCUT2D eigenvalue weighted by Gasteiger charge is -2.38. The standard InChI is InChI=1S/C18H30N2O/c1-12(2)16-7-14(11-19)8-17(20-16)21-15-6-13(3)9-18(4,5)10-15/h7-8,12-13,15H,6,9-11,19H2,1-5H3. The fourth-order valence-electron chi connectivity index (χ4n) is 3.57. The van der Waals surface area contributed by atoms with Gasteiger partial charge in [-0.3, -0.25) is 0 Å². The summed E-state index contributed by atoms with van der Waals surface area (Å²) >= 11 is 0. The van der Waals surface area contributed by atoms with Crippen LogP contribution in [-0.2, 0) is 6.54 Å². The van der Waals surface area contributed by atoms with E-state index < -0.39 is 0 Å². The van der Waals surface area contributed by atoms with E-state index in [-0.39, 0.29) is 6.10 Å². The van der Waals surface area contributed by atoms with Gasteiger partial charge in [-0.2, -0.15) is 0 Å². The van der Waals surface area contributed by atoms with Crippen molar-refractivity contribution in [1.82, 2.24) is 4.98 Å². The third kappa shape index (κ3) is 4.44. The number of hydrogen-bond acceptors (Lipinski definition) is 3. The molecule has 2 rings (SSSR count). The number of nitrogens with two attached hydrogens (primary N) is 1. The maximum absolute atomic E-state index is 6.23. The van der Waals surface area contributed by atoms with E-state index in [2.05, 4.69) is 45.7 Å². The Bertz CT molecular complexity index is 482. The summed E-state index contributed by atoms with van der Waals surface area (Å²) in [5, 5.41) is 0. The molecule has 2 N–H and O–H groups in total. The van der Waals surface area contributed by atoms with E-state index in [0.717, 1.165) is 30.0 Å². The first-order valence-corrected chi connectivity index (χ1v) is 8.16. The fraction of sp³-hybridized carbons (Fsp3) is 0.722. The highest BCUT2D eigenvalue weighted by Crippen LogP contribution is 2.39. The third-order valence-electron chi connectivity index (χ3n) is 4.34. The molecule has 1 fully saturated rings. The minimum absolute atomic E-state index is 0.268. The summed E-state index contributed by atoms with van der Waals surface area (Å²) in [5.41, 5.74) is 8.33. The second-order valence-electron chi connectivity index (χ2n) is 7.75. The molecule has 1 heterocycles. The molecule has 1 aliphatic rings. The van der Waals surface area contributed by atoms with Gasteiger partial charge in [0, 0.05) is 18.3 Å². The number of ether oxygens (including phenoxy) is 1. The van der Waals surface area contributed by atoms with E-state index in [1.807, 2.05) is 6.07 Å². The Hall–Kier alpha value is -1.09. The molecule has 0 spiro atoms. The van der Waals surface area contributed by atoms with Crippen molar-refractivity contribution in [3.63, 3.8) is 0 Å². The van der Waals surface area contributed by atoms with Crippen LogP contribution < -0.4 is 10.5 Å². The smallest absolute Gasteiger partial charge is 0.214 e. The van der Waals surface area contributed by atoms with E-state index in [9.17, 15) is 0 Å². The van der Waals surface area contributed by atoms with Crippen molar-refractivity contribution in [1.29, 1.82) is 0 Å². The molecule has 1 aliphatic carbocycles. The summed E-state index contributed by atoms with van der Waals surface area (Å²) in [7, 11) is 0. The van der Waals surface area contributed by atoms with E-state index in [0.29, 0.717) is 23.8 Å². The van der Waals surface area contributed by atoms with Crippen LogP contribution >= 0.6 is 0 Å². The molecule has 0 saturated heterocycles. The molecule has 1 aromatic heterocycles. The molecule has 0 aliphatic heterocycles. The molecule has 1 aromatic rings. The van der Waals surface area contributed by atoms with Crippen molar-refractivity contribution in [3.05, 3.63) is 23.4 Å². The first-order valence-electron chi connectivity index (χ1n) is 8.16. The Labute approximate surface area is 129 Å². The Morgan fingerprint density at radius 1 is 1.33 bits per heavy atom. The third-order valence-corrected chi connectivity index (χ3v) is 4.34. The Morgan fingerprint density at radius 3 is 2.62 bits per heavy atom. The maximum Gasteiger partial charge on any atom is 0.214 e. The first kappa shape index (κ1) is 16.3. The van der Waals surface area contributed by atoms with Crippen molar-refractivity contribution >= 4 is 0 Å². The van der Waals surface area contributed by atoms with Crippen LogP contribution in [0.2, 0.25) is 0 Å². The van der Waals surface area contributed by atoms with Crippen LogP contribution in [0.1, 0.15) is 71.1 Å². The van der Waals surface area contributed by atoms with Crippen molar-refractivity contribution in [3.8, 4) is 5.88 Å². The van der Waals surface area contributed by atoms with Crippen molar-refractivity contribution in [2.24, 2.45) is 17.1 Å². The van der Waals surface area contributed by atoms with Crippen LogP contribution in [-0.4, -0.2) is 11.1 Å². The average molecular weight is 290 g/mol. The zero-order valence-corrected chi connectivity index (χ0v) is 14.1. The SMILES string of the molecule is CC1CC(Oc2cc(CN)cc(C(C)C)n2)CC(C)(C)C1. The van der Waals surface area contributed by atoms with E-state index in [1.54, 1.807) is 0 Å². The lowest BCUT2D eigenvalue weighted by Crippen LogP contribution is -2.34. The molecule has 2 unspecified atom stereocenters. The molecule has 118 valence electrons. The van der Waals surface area contributed by atoms with Crippen LogP contribution in [0, 0.1) is 11.3 Å². The minimum Gasteiger partial charge on any atom is -0.474 e. The van der Waals surface area contributed by atoms with Gasteiger partial charge in [0.15, 0.2) is 0 Å². The van der Waals surface area contributed by atoms with Crippen LogP contribution in [0.5, 0.6) is 5.88 Å². The zero-order chi connectivity index (χ0) is 15.6. The number of aromatic nitrogens is 1. The monoisotopic (exact) mass is 290 g/mol. The van der Waals surface area contributed by atoms with Crippen molar-refractivity contribution < 1.29 is 4.74 Å². The maximum atomic E-state index is 6.23. The van der Waals surface area contributed by atoms with Gasteiger partial charge in [-0.25, -0.2) is 4.98 Å². The number of hydrogen-bond donors (Lipinski definition) is 1. The highest BCUT2D eigenvalue weighted by molar-refractivity contribution is 5.26. The highest BCUT2D eigenvalue weighted by Gasteiger charge is 2.33. The molecular formula is C18H30N2O. The summed E-state index contributed by atoms with van der Waals surface area (Å²) in [6.07, 6.45) is 3.77. The molecule has 0 bridgehead atoms. The van der Waals surface area contributed by atoms with E-state index >= 15 is 0 Å². The second-order valence-corrected chi connectivity index (χ2v) is 7.75.